The number of benzene rings is 3. The fourth-order valence-corrected chi connectivity index (χ4v) is 2.68. The summed E-state index contributed by atoms with van der Waals surface area (Å²) in [5.74, 6) is -1.21. The Morgan fingerprint density at radius 2 is 1.30 bits per heavy atom. The monoisotopic (exact) mass is 362 g/mol. The van der Waals surface area contributed by atoms with Crippen molar-refractivity contribution < 1.29 is 14.0 Å². The van der Waals surface area contributed by atoms with Gasteiger partial charge in [0.2, 0.25) is 0 Å². The van der Waals surface area contributed by atoms with Crippen LogP contribution in [-0.2, 0) is 0 Å². The maximum Gasteiger partial charge on any atom is 0.255 e. The Morgan fingerprint density at radius 3 is 1.85 bits per heavy atom. The van der Waals surface area contributed by atoms with Crippen LogP contribution in [0.3, 0.4) is 0 Å². The molecule has 0 aromatic heterocycles. The Bertz CT molecular complexity index is 997. The van der Waals surface area contributed by atoms with Crippen LogP contribution < -0.4 is 10.6 Å². The highest BCUT2D eigenvalue weighted by Gasteiger charge is 2.12. The lowest BCUT2D eigenvalue weighted by Gasteiger charge is -2.10. The summed E-state index contributed by atoms with van der Waals surface area (Å²) < 4.78 is 13.6. The van der Waals surface area contributed by atoms with Crippen LogP contribution in [0.25, 0.3) is 0 Å². The lowest BCUT2D eigenvalue weighted by molar-refractivity contribution is 0.101. The molecule has 0 saturated heterocycles. The SMILES string of the molecule is Cc1ccc(NC(=O)c2ccc(C(=O)Nc3ccccc3F)cc2)c(C)c1. The predicted molar refractivity (Wildman–Crippen MR) is 105 cm³/mol. The van der Waals surface area contributed by atoms with Crippen LogP contribution >= 0.6 is 0 Å². The molecule has 4 nitrogen and oxygen atoms in total. The molecule has 0 fully saturated rings. The van der Waals surface area contributed by atoms with Crippen molar-refractivity contribution in [2.75, 3.05) is 10.6 Å². The van der Waals surface area contributed by atoms with E-state index in [1.807, 2.05) is 32.0 Å². The number of amides is 2. The van der Waals surface area contributed by atoms with E-state index in [0.29, 0.717) is 11.1 Å². The summed E-state index contributed by atoms with van der Waals surface area (Å²) in [7, 11) is 0. The number of anilines is 2. The molecule has 3 rings (SSSR count). The molecule has 2 N–H and O–H groups in total. The quantitative estimate of drug-likeness (QED) is 0.690. The summed E-state index contributed by atoms with van der Waals surface area (Å²) in [5, 5.41) is 5.37. The second kappa shape index (κ2) is 7.83. The molecule has 0 aliphatic heterocycles. The number of halogens is 1. The molecule has 3 aromatic rings. The lowest BCUT2D eigenvalue weighted by atomic mass is 10.1. The molecule has 0 saturated carbocycles. The molecule has 27 heavy (non-hydrogen) atoms. The van der Waals surface area contributed by atoms with Crippen molar-refractivity contribution in [2.24, 2.45) is 0 Å². The van der Waals surface area contributed by atoms with Crippen LogP contribution in [-0.4, -0.2) is 11.8 Å². The van der Waals surface area contributed by atoms with Crippen LogP contribution in [0.5, 0.6) is 0 Å². The average Bonchev–Trinajstić information content (AvgIpc) is 2.66. The van der Waals surface area contributed by atoms with E-state index in [1.165, 1.54) is 24.3 Å². The van der Waals surface area contributed by atoms with Crippen molar-refractivity contribution in [1.29, 1.82) is 0 Å². The number of carbonyl (C=O) groups excluding carboxylic acids is 2. The Balaban J connectivity index is 1.70. The predicted octanol–water partition coefficient (Wildman–Crippen LogP) is 4.95. The fraction of sp³-hybridized carbons (Fsp3) is 0.0909. The molecular formula is C22H19FN2O2. The van der Waals surface area contributed by atoms with Gasteiger partial charge in [0.15, 0.2) is 0 Å². The van der Waals surface area contributed by atoms with Crippen LogP contribution in [0.4, 0.5) is 15.8 Å². The van der Waals surface area contributed by atoms with E-state index in [-0.39, 0.29) is 11.6 Å². The van der Waals surface area contributed by atoms with Gasteiger partial charge in [-0.25, -0.2) is 4.39 Å². The van der Waals surface area contributed by atoms with Gasteiger partial charge in [-0.2, -0.15) is 0 Å². The zero-order valence-corrected chi connectivity index (χ0v) is 15.0. The summed E-state index contributed by atoms with van der Waals surface area (Å²) in [6, 6.07) is 17.9. The van der Waals surface area contributed by atoms with Gasteiger partial charge in [-0.15, -0.1) is 0 Å². The van der Waals surface area contributed by atoms with Gasteiger partial charge in [0.1, 0.15) is 5.82 Å². The minimum absolute atomic E-state index is 0.110. The standard InChI is InChI=1S/C22H19FN2O2/c1-14-7-12-19(15(2)13-14)24-21(26)16-8-10-17(11-9-16)22(27)25-20-6-4-3-5-18(20)23/h3-13H,1-2H3,(H,24,26)(H,25,27). The molecule has 0 atom stereocenters. The van der Waals surface area contributed by atoms with Gasteiger partial charge in [0, 0.05) is 16.8 Å². The van der Waals surface area contributed by atoms with E-state index in [1.54, 1.807) is 24.3 Å². The van der Waals surface area contributed by atoms with E-state index in [9.17, 15) is 14.0 Å². The largest absolute Gasteiger partial charge is 0.322 e. The summed E-state index contributed by atoms with van der Waals surface area (Å²) in [5.41, 5.74) is 3.71. The van der Waals surface area contributed by atoms with Gasteiger partial charge in [-0.1, -0.05) is 29.8 Å². The third kappa shape index (κ3) is 4.39. The van der Waals surface area contributed by atoms with Crippen molar-refractivity contribution in [3.8, 4) is 0 Å². The van der Waals surface area contributed by atoms with Gasteiger partial charge in [-0.3, -0.25) is 9.59 Å². The van der Waals surface area contributed by atoms with Crippen molar-refractivity contribution >= 4 is 23.2 Å². The average molecular weight is 362 g/mol. The molecule has 3 aromatic carbocycles. The number of rotatable bonds is 4. The first kappa shape index (κ1) is 18.3. The first-order chi connectivity index (χ1) is 12.9. The number of carbonyl (C=O) groups is 2. The van der Waals surface area contributed by atoms with Crippen molar-refractivity contribution in [1.82, 2.24) is 0 Å². The molecule has 5 heteroatoms. The second-order valence-electron chi connectivity index (χ2n) is 6.28. The first-order valence-corrected chi connectivity index (χ1v) is 8.48. The number of hydrogen-bond donors (Lipinski definition) is 2. The zero-order chi connectivity index (χ0) is 19.4. The zero-order valence-electron chi connectivity index (χ0n) is 15.0. The number of hydrogen-bond acceptors (Lipinski definition) is 2. The molecule has 0 aliphatic carbocycles. The van der Waals surface area contributed by atoms with Gasteiger partial charge in [-0.05, 0) is 61.9 Å². The van der Waals surface area contributed by atoms with E-state index in [0.717, 1.165) is 16.8 Å². The summed E-state index contributed by atoms with van der Waals surface area (Å²) >= 11 is 0. The van der Waals surface area contributed by atoms with Crippen LogP contribution in [0, 0.1) is 19.7 Å². The third-order valence-corrected chi connectivity index (χ3v) is 4.16. The molecular weight excluding hydrogens is 343 g/mol. The Morgan fingerprint density at radius 1 is 0.741 bits per heavy atom. The first-order valence-electron chi connectivity index (χ1n) is 8.48. The summed E-state index contributed by atoms with van der Waals surface area (Å²) in [6.07, 6.45) is 0. The molecule has 0 aliphatic rings. The number of para-hydroxylation sites is 1. The fourth-order valence-electron chi connectivity index (χ4n) is 2.68. The number of aryl methyl sites for hydroxylation is 2. The summed E-state index contributed by atoms with van der Waals surface area (Å²) in [4.78, 5) is 24.6. The molecule has 136 valence electrons. The highest BCUT2D eigenvalue weighted by molar-refractivity contribution is 6.07. The van der Waals surface area contributed by atoms with Crippen LogP contribution in [0.15, 0.2) is 66.7 Å². The molecule has 0 bridgehead atoms. The Hall–Kier alpha value is -3.47. The highest BCUT2D eigenvalue weighted by atomic mass is 19.1. The minimum atomic E-state index is -0.504. The smallest absolute Gasteiger partial charge is 0.255 e. The highest BCUT2D eigenvalue weighted by Crippen LogP contribution is 2.18. The van der Waals surface area contributed by atoms with Gasteiger partial charge in [0.25, 0.3) is 11.8 Å². The molecule has 0 radical (unpaired) electrons. The Labute approximate surface area is 157 Å². The van der Waals surface area contributed by atoms with Gasteiger partial charge >= 0.3 is 0 Å². The van der Waals surface area contributed by atoms with Crippen molar-refractivity contribution in [3.63, 3.8) is 0 Å². The van der Waals surface area contributed by atoms with Gasteiger partial charge < -0.3 is 10.6 Å². The molecule has 0 spiro atoms. The molecule has 0 unspecified atom stereocenters. The van der Waals surface area contributed by atoms with E-state index < -0.39 is 11.7 Å². The van der Waals surface area contributed by atoms with Crippen LogP contribution in [0.2, 0.25) is 0 Å². The topological polar surface area (TPSA) is 58.2 Å². The number of nitrogens with one attached hydrogen (secondary N) is 2. The normalized spacial score (nSPS) is 10.3. The maximum absolute atomic E-state index is 13.6. The molecule has 0 heterocycles. The van der Waals surface area contributed by atoms with E-state index in [2.05, 4.69) is 10.6 Å². The minimum Gasteiger partial charge on any atom is -0.322 e. The van der Waals surface area contributed by atoms with E-state index >= 15 is 0 Å². The van der Waals surface area contributed by atoms with Gasteiger partial charge in [0.05, 0.1) is 5.69 Å². The third-order valence-electron chi connectivity index (χ3n) is 4.16. The Kier molecular flexibility index (Phi) is 5.31. The van der Waals surface area contributed by atoms with Crippen molar-refractivity contribution in [2.45, 2.75) is 13.8 Å². The molecule has 2 amide bonds. The lowest BCUT2D eigenvalue weighted by Crippen LogP contribution is -2.15. The summed E-state index contributed by atoms with van der Waals surface area (Å²) in [6.45, 7) is 3.92. The van der Waals surface area contributed by atoms with Crippen LogP contribution in [0.1, 0.15) is 31.8 Å². The van der Waals surface area contributed by atoms with E-state index in [4.69, 9.17) is 0 Å². The second-order valence-corrected chi connectivity index (χ2v) is 6.28. The van der Waals surface area contributed by atoms with Crippen molar-refractivity contribution in [3.05, 3.63) is 94.8 Å². The maximum atomic E-state index is 13.6.